The number of fused-ring (bicyclic) bond motifs is 3. The van der Waals surface area contributed by atoms with E-state index in [0.717, 1.165) is 33.3 Å². The van der Waals surface area contributed by atoms with Gasteiger partial charge < -0.3 is 23.7 Å². The number of pyridine rings is 2. The monoisotopic (exact) mass is 1010 g/mol. The smallest absolute Gasteiger partial charge is 0.328 e. The Balaban J connectivity index is 0.00000257. The van der Waals surface area contributed by atoms with E-state index in [2.05, 4.69) is 44.2 Å². The van der Waals surface area contributed by atoms with E-state index in [1.54, 1.807) is 30.9 Å². The molecule has 2 atom stereocenters. The molecule has 0 spiro atoms. The van der Waals surface area contributed by atoms with Crippen LogP contribution in [0.5, 0.6) is 0 Å². The molecule has 0 saturated heterocycles. The standard InChI is InChI=1S/C50H31N5O2P2.2Pd/c56-58(38-16-3-1-4-17-38,40-20-11-14-36(32-40)46-22-7-9-28-51-46)42-24-26-44-45-27-25-43(35-49(45)55(48(44)34-42)50-53-30-13-31-54-50)59(57,39-18-5-2-6-19-39)41-21-12-15-37(33-41)47-23-8-10-29-52-47;;/h1-31H;;/q-4;2*+2. The van der Waals surface area contributed by atoms with Gasteiger partial charge in [0.05, 0.1) is 0 Å². The topological polar surface area (TPSA) is 90.6 Å². The Kier molecular flexibility index (Phi) is 12.2. The molecule has 0 N–H and O–H groups in total. The normalized spacial score (nSPS) is 13.0. The van der Waals surface area contributed by atoms with Crippen LogP contribution in [0.2, 0.25) is 0 Å². The zero-order valence-electron chi connectivity index (χ0n) is 32.0. The van der Waals surface area contributed by atoms with Gasteiger partial charge in [0.2, 0.25) is 5.95 Å². The maximum atomic E-state index is 16.0. The number of benzene rings is 6. The summed E-state index contributed by atoms with van der Waals surface area (Å²) >= 11 is 0. The summed E-state index contributed by atoms with van der Waals surface area (Å²) in [5, 5.41) is 4.97. The third-order valence-corrected chi connectivity index (χ3v) is 16.2. The average molecular weight is 1010 g/mol. The number of aromatic nitrogens is 5. The summed E-state index contributed by atoms with van der Waals surface area (Å²) in [5.74, 6) is 0.366. The SMILES string of the molecule is O=P(c1[c-]c(-c2ccccn2)ccc1)(c1[c-]c2c(cc1)c1ccc(P(=O)(c3[c-]c(-c4ccccn4)ccc3)c3ccccc3)[c-]c1n2-c1ncccn1)c1ccccc1.[Pd+2].[Pd+2]. The van der Waals surface area contributed by atoms with Crippen molar-refractivity contribution < 1.29 is 50.0 Å². The first kappa shape index (κ1) is 42.0. The Morgan fingerprint density at radius 1 is 0.377 bits per heavy atom. The van der Waals surface area contributed by atoms with Crippen molar-refractivity contribution in [1.82, 2.24) is 24.5 Å². The molecule has 0 aliphatic carbocycles. The zero-order valence-corrected chi connectivity index (χ0v) is 36.9. The fourth-order valence-corrected chi connectivity index (χ4v) is 12.6. The van der Waals surface area contributed by atoms with Gasteiger partial charge in [0.25, 0.3) is 0 Å². The molecule has 10 aromatic rings. The van der Waals surface area contributed by atoms with E-state index in [9.17, 15) is 0 Å². The van der Waals surface area contributed by atoms with E-state index in [0.29, 0.717) is 48.8 Å². The molecule has 298 valence electrons. The molecule has 11 heteroatoms. The van der Waals surface area contributed by atoms with E-state index in [-0.39, 0.29) is 40.8 Å². The van der Waals surface area contributed by atoms with Gasteiger partial charge in [-0.25, -0.2) is 9.97 Å². The molecule has 0 bridgehead atoms. The van der Waals surface area contributed by atoms with Crippen LogP contribution in [0.1, 0.15) is 0 Å². The maximum absolute atomic E-state index is 16.0. The predicted octanol–water partition coefficient (Wildman–Crippen LogP) is 8.17. The van der Waals surface area contributed by atoms with Gasteiger partial charge in [-0.2, -0.15) is 35.0 Å². The molecule has 6 aromatic carbocycles. The molecule has 4 heterocycles. The van der Waals surface area contributed by atoms with Gasteiger partial charge in [-0.15, -0.1) is 71.8 Å². The molecular weight excluding hydrogens is 977 g/mol. The Labute approximate surface area is 381 Å². The molecule has 2 unspecified atom stereocenters. The molecule has 10 rings (SSSR count). The molecule has 0 aliphatic heterocycles. The summed E-state index contributed by atoms with van der Waals surface area (Å²) < 4.78 is 33.8. The second kappa shape index (κ2) is 17.7. The zero-order chi connectivity index (χ0) is 39.8. The van der Waals surface area contributed by atoms with Gasteiger partial charge in [-0.05, 0) is 29.6 Å². The molecule has 0 fully saturated rings. The van der Waals surface area contributed by atoms with Crippen molar-refractivity contribution in [1.29, 1.82) is 0 Å². The molecule has 61 heavy (non-hydrogen) atoms. The summed E-state index contributed by atoms with van der Waals surface area (Å²) in [6, 6.07) is 65.3. The van der Waals surface area contributed by atoms with Crippen LogP contribution in [0.15, 0.2) is 189 Å². The van der Waals surface area contributed by atoms with E-state index in [1.807, 2.05) is 162 Å². The number of hydrogen-bond acceptors (Lipinski definition) is 6. The van der Waals surface area contributed by atoms with Gasteiger partial charge in [0.1, 0.15) is 14.3 Å². The molecule has 0 radical (unpaired) electrons. The first-order valence-electron chi connectivity index (χ1n) is 18.9. The number of hydrogen-bond donors (Lipinski definition) is 0. The third kappa shape index (κ3) is 7.54. The first-order chi connectivity index (χ1) is 29.0. The van der Waals surface area contributed by atoms with Crippen LogP contribution in [0.25, 0.3) is 50.3 Å². The second-order valence-electron chi connectivity index (χ2n) is 13.8. The number of nitrogens with zero attached hydrogens (tertiary/aromatic N) is 5. The maximum Gasteiger partial charge on any atom is 2.00 e. The minimum absolute atomic E-state index is 0. The summed E-state index contributed by atoms with van der Waals surface area (Å²) in [7, 11) is -7.17. The minimum Gasteiger partial charge on any atom is -0.328 e. The molecule has 7 nitrogen and oxygen atoms in total. The number of rotatable bonds is 9. The van der Waals surface area contributed by atoms with Gasteiger partial charge in [-0.3, -0.25) is 0 Å². The Bertz CT molecular complexity index is 3030. The molecule has 0 aliphatic rings. The average Bonchev–Trinajstić information content (AvgIpc) is 3.65. The molecule has 0 amide bonds. The summed E-state index contributed by atoms with van der Waals surface area (Å²) in [5.41, 5.74) is 4.14. The van der Waals surface area contributed by atoms with Crippen molar-refractivity contribution in [2.45, 2.75) is 0 Å². The largest absolute Gasteiger partial charge is 2.00 e. The Morgan fingerprint density at radius 3 is 1.21 bits per heavy atom. The molecule has 0 saturated carbocycles. The minimum atomic E-state index is -3.59. The van der Waals surface area contributed by atoms with E-state index in [4.69, 9.17) is 0 Å². The van der Waals surface area contributed by atoms with Crippen LogP contribution in [-0.4, -0.2) is 24.5 Å². The van der Waals surface area contributed by atoms with Crippen LogP contribution < -0.4 is 31.8 Å². The summed E-state index contributed by atoms with van der Waals surface area (Å²) in [6.45, 7) is 0. The molecule has 4 aromatic heterocycles. The van der Waals surface area contributed by atoms with Crippen LogP contribution >= 0.6 is 14.3 Å². The Morgan fingerprint density at radius 2 is 0.787 bits per heavy atom. The van der Waals surface area contributed by atoms with Crippen molar-refractivity contribution in [3.05, 3.63) is 213 Å². The quantitative estimate of drug-likeness (QED) is 0.0824. The van der Waals surface area contributed by atoms with Crippen molar-refractivity contribution in [2.75, 3.05) is 0 Å². The van der Waals surface area contributed by atoms with Gasteiger partial charge in [0, 0.05) is 35.4 Å². The Hall–Kier alpha value is -5.72. The van der Waals surface area contributed by atoms with Crippen LogP contribution in [-0.2, 0) is 50.0 Å². The summed E-state index contributed by atoms with van der Waals surface area (Å²) in [6.07, 6.45) is 6.82. The van der Waals surface area contributed by atoms with Crippen molar-refractivity contribution in [3.63, 3.8) is 0 Å². The van der Waals surface area contributed by atoms with E-state index >= 15 is 9.13 Å². The predicted molar refractivity (Wildman–Crippen MR) is 237 cm³/mol. The van der Waals surface area contributed by atoms with Gasteiger partial charge in [-0.1, -0.05) is 117 Å². The van der Waals surface area contributed by atoms with Gasteiger partial charge >= 0.3 is 40.8 Å². The summed E-state index contributed by atoms with van der Waals surface area (Å²) in [4.78, 5) is 18.4. The van der Waals surface area contributed by atoms with Gasteiger partial charge in [0.15, 0.2) is 0 Å². The fraction of sp³-hybridized carbons (Fsp3) is 0. The van der Waals surface area contributed by atoms with Crippen LogP contribution in [0, 0.1) is 24.3 Å². The first-order valence-corrected chi connectivity index (χ1v) is 22.3. The third-order valence-electron chi connectivity index (χ3n) is 10.3. The van der Waals surface area contributed by atoms with Crippen molar-refractivity contribution in [3.8, 4) is 28.5 Å². The van der Waals surface area contributed by atoms with Crippen LogP contribution in [0.3, 0.4) is 0 Å². The van der Waals surface area contributed by atoms with Crippen LogP contribution in [0.4, 0.5) is 0 Å². The molecular formula is C50H31N5O2P2Pd2. The van der Waals surface area contributed by atoms with E-state index in [1.165, 1.54) is 0 Å². The second-order valence-corrected chi connectivity index (χ2v) is 19.2. The van der Waals surface area contributed by atoms with E-state index < -0.39 is 14.3 Å². The fourth-order valence-electron chi connectivity index (χ4n) is 7.53. The van der Waals surface area contributed by atoms with Crippen molar-refractivity contribution in [2.24, 2.45) is 0 Å². The van der Waals surface area contributed by atoms with Crippen molar-refractivity contribution >= 4 is 67.9 Å².